The highest BCUT2D eigenvalue weighted by Gasteiger charge is 2.24. The summed E-state index contributed by atoms with van der Waals surface area (Å²) < 4.78 is 5.19. The van der Waals surface area contributed by atoms with Crippen molar-refractivity contribution in [2.24, 2.45) is 11.8 Å². The molecule has 0 spiro atoms. The van der Waals surface area contributed by atoms with Crippen LogP contribution in [0.15, 0.2) is 42.6 Å². The van der Waals surface area contributed by atoms with Gasteiger partial charge in [0.05, 0.1) is 18.4 Å². The maximum absolute atomic E-state index is 13.0. The zero-order valence-corrected chi connectivity index (χ0v) is 19.2. The van der Waals surface area contributed by atoms with Crippen LogP contribution in [0, 0.1) is 18.8 Å². The molecule has 1 N–H and O–H groups in total. The molecule has 1 amide bonds. The first kappa shape index (κ1) is 22.5. The van der Waals surface area contributed by atoms with Gasteiger partial charge in [-0.15, -0.1) is 0 Å². The van der Waals surface area contributed by atoms with Gasteiger partial charge in [0.15, 0.2) is 0 Å². The fraction of sp³-hybridized carbons (Fsp3) is 0.500. The van der Waals surface area contributed by atoms with Crippen molar-refractivity contribution in [1.29, 1.82) is 0 Å². The van der Waals surface area contributed by atoms with E-state index in [0.29, 0.717) is 17.3 Å². The largest absolute Gasteiger partial charge is 0.497 e. The Kier molecular flexibility index (Phi) is 7.53. The lowest BCUT2D eigenvalue weighted by Gasteiger charge is -2.34. The maximum Gasteiger partial charge on any atom is 0.259 e. The number of methoxy groups -OCH3 is 1. The molecule has 2 aliphatic rings. The van der Waals surface area contributed by atoms with Gasteiger partial charge in [0.25, 0.3) is 5.91 Å². The SMILES string of the molecule is COc1ccc(NC(=O)c2cnc(C)nc2CC2CCN(C[C@H]3CC=CCC3)CC2)cc1. The van der Waals surface area contributed by atoms with Crippen LogP contribution in [0.3, 0.4) is 0 Å². The van der Waals surface area contributed by atoms with Crippen molar-refractivity contribution in [3.63, 3.8) is 0 Å². The standard InChI is InChI=1S/C26H34N4O2/c1-19-27-17-24(26(31)29-22-8-10-23(32-2)11-9-22)25(28-19)16-20-12-14-30(15-13-20)18-21-6-4-3-5-7-21/h3-4,8-11,17,20-21H,5-7,12-16,18H2,1-2H3,(H,29,31)/t21-/m0/s1. The first-order valence-electron chi connectivity index (χ1n) is 11.8. The minimum atomic E-state index is -0.159. The number of amides is 1. The van der Waals surface area contributed by atoms with E-state index in [9.17, 15) is 4.79 Å². The molecular weight excluding hydrogens is 400 g/mol. The number of aromatic nitrogens is 2. The summed E-state index contributed by atoms with van der Waals surface area (Å²) in [4.78, 5) is 24.6. The van der Waals surface area contributed by atoms with Crippen molar-refractivity contribution in [2.75, 3.05) is 32.1 Å². The molecule has 1 aromatic carbocycles. The lowest BCUT2D eigenvalue weighted by atomic mass is 9.89. The molecule has 1 aliphatic carbocycles. The van der Waals surface area contributed by atoms with Crippen LogP contribution in [0.25, 0.3) is 0 Å². The molecule has 0 saturated carbocycles. The molecule has 1 atom stereocenters. The Labute approximate surface area is 191 Å². The van der Waals surface area contributed by atoms with Crippen molar-refractivity contribution in [3.8, 4) is 5.75 Å². The van der Waals surface area contributed by atoms with Crippen LogP contribution >= 0.6 is 0 Å². The first-order valence-corrected chi connectivity index (χ1v) is 11.8. The molecule has 6 nitrogen and oxygen atoms in total. The molecular formula is C26H34N4O2. The number of ether oxygens (including phenoxy) is 1. The number of nitrogens with one attached hydrogen (secondary N) is 1. The number of nitrogens with zero attached hydrogens (tertiary/aromatic N) is 3. The van der Waals surface area contributed by atoms with Gasteiger partial charge >= 0.3 is 0 Å². The lowest BCUT2D eigenvalue weighted by molar-refractivity contribution is 0.102. The number of allylic oxidation sites excluding steroid dienone is 2. The quantitative estimate of drug-likeness (QED) is 0.642. The van der Waals surface area contributed by atoms with Gasteiger partial charge in [0.2, 0.25) is 0 Å². The Morgan fingerprint density at radius 1 is 1.12 bits per heavy atom. The van der Waals surface area contributed by atoms with Gasteiger partial charge in [-0.25, -0.2) is 9.97 Å². The van der Waals surface area contributed by atoms with Gasteiger partial charge in [0.1, 0.15) is 11.6 Å². The van der Waals surface area contributed by atoms with Crippen molar-refractivity contribution < 1.29 is 9.53 Å². The highest BCUT2D eigenvalue weighted by Crippen LogP contribution is 2.26. The van der Waals surface area contributed by atoms with E-state index in [1.807, 2.05) is 31.2 Å². The number of piperidine rings is 1. The number of hydrogen-bond acceptors (Lipinski definition) is 5. The van der Waals surface area contributed by atoms with Crippen LogP contribution in [0.5, 0.6) is 5.75 Å². The van der Waals surface area contributed by atoms with E-state index in [2.05, 4.69) is 32.3 Å². The molecule has 170 valence electrons. The molecule has 2 heterocycles. The second-order valence-electron chi connectivity index (χ2n) is 9.06. The summed E-state index contributed by atoms with van der Waals surface area (Å²) in [7, 11) is 1.63. The second-order valence-corrected chi connectivity index (χ2v) is 9.06. The molecule has 6 heteroatoms. The third-order valence-corrected chi connectivity index (χ3v) is 6.66. The Morgan fingerprint density at radius 3 is 2.59 bits per heavy atom. The number of rotatable bonds is 7. The maximum atomic E-state index is 13.0. The van der Waals surface area contributed by atoms with Gasteiger partial charge in [-0.2, -0.15) is 0 Å². The summed E-state index contributed by atoms with van der Waals surface area (Å²) >= 11 is 0. The average Bonchev–Trinajstić information content (AvgIpc) is 2.81. The van der Waals surface area contributed by atoms with E-state index < -0.39 is 0 Å². The molecule has 0 radical (unpaired) electrons. The Morgan fingerprint density at radius 2 is 1.91 bits per heavy atom. The van der Waals surface area contributed by atoms with Gasteiger partial charge < -0.3 is 15.0 Å². The first-order chi connectivity index (χ1) is 15.6. The third kappa shape index (κ3) is 5.94. The number of aryl methyl sites for hydroxylation is 1. The Balaban J connectivity index is 1.35. The number of likely N-dealkylation sites (tertiary alicyclic amines) is 1. The van der Waals surface area contributed by atoms with Gasteiger partial charge in [-0.3, -0.25) is 4.79 Å². The molecule has 1 aromatic heterocycles. The summed E-state index contributed by atoms with van der Waals surface area (Å²) in [6.07, 6.45) is 13.3. The molecule has 1 saturated heterocycles. The zero-order valence-electron chi connectivity index (χ0n) is 19.2. The third-order valence-electron chi connectivity index (χ3n) is 6.66. The Hall–Kier alpha value is -2.73. The molecule has 2 aromatic rings. The van der Waals surface area contributed by atoms with Crippen LogP contribution in [-0.4, -0.2) is 47.5 Å². The van der Waals surface area contributed by atoms with E-state index in [1.165, 1.54) is 25.8 Å². The van der Waals surface area contributed by atoms with Crippen molar-refractivity contribution >= 4 is 11.6 Å². The minimum absolute atomic E-state index is 0.159. The van der Waals surface area contributed by atoms with Crippen molar-refractivity contribution in [3.05, 3.63) is 59.7 Å². The monoisotopic (exact) mass is 434 g/mol. The topological polar surface area (TPSA) is 67.3 Å². The number of anilines is 1. The summed E-state index contributed by atoms with van der Waals surface area (Å²) in [5.74, 6) is 2.68. The van der Waals surface area contributed by atoms with Crippen LogP contribution in [0.2, 0.25) is 0 Å². The minimum Gasteiger partial charge on any atom is -0.497 e. The van der Waals surface area contributed by atoms with Crippen LogP contribution in [0.1, 0.15) is 54.0 Å². The number of hydrogen-bond donors (Lipinski definition) is 1. The average molecular weight is 435 g/mol. The van der Waals surface area contributed by atoms with Crippen molar-refractivity contribution in [2.45, 2.75) is 45.4 Å². The summed E-state index contributed by atoms with van der Waals surface area (Å²) in [5.41, 5.74) is 2.16. The lowest BCUT2D eigenvalue weighted by Crippen LogP contribution is -2.38. The molecule has 0 bridgehead atoms. The van der Waals surface area contributed by atoms with Crippen LogP contribution < -0.4 is 10.1 Å². The molecule has 4 rings (SSSR count). The van der Waals surface area contributed by atoms with Crippen LogP contribution in [0.4, 0.5) is 5.69 Å². The predicted molar refractivity (Wildman–Crippen MR) is 127 cm³/mol. The fourth-order valence-electron chi connectivity index (χ4n) is 4.77. The highest BCUT2D eigenvalue weighted by molar-refractivity contribution is 6.04. The van der Waals surface area contributed by atoms with Gasteiger partial charge in [0, 0.05) is 18.4 Å². The predicted octanol–water partition coefficient (Wildman–Crippen LogP) is 4.66. The summed E-state index contributed by atoms with van der Waals surface area (Å²) in [6, 6.07) is 7.34. The Bertz CT molecular complexity index is 933. The van der Waals surface area contributed by atoms with Gasteiger partial charge in [-0.1, -0.05) is 12.2 Å². The highest BCUT2D eigenvalue weighted by atomic mass is 16.5. The second kappa shape index (κ2) is 10.7. The van der Waals surface area contributed by atoms with Crippen molar-refractivity contribution in [1.82, 2.24) is 14.9 Å². The number of carbonyl (C=O) groups is 1. The van der Waals surface area contributed by atoms with E-state index in [1.54, 1.807) is 13.3 Å². The molecule has 32 heavy (non-hydrogen) atoms. The summed E-state index contributed by atoms with van der Waals surface area (Å²) in [6.45, 7) is 5.39. The molecule has 0 unspecified atom stereocenters. The number of benzene rings is 1. The zero-order chi connectivity index (χ0) is 22.3. The molecule has 1 fully saturated rings. The van der Waals surface area contributed by atoms with E-state index in [-0.39, 0.29) is 5.91 Å². The molecule has 1 aliphatic heterocycles. The van der Waals surface area contributed by atoms with Gasteiger partial charge in [-0.05, 0) is 94.6 Å². The number of carbonyl (C=O) groups excluding carboxylic acids is 1. The normalized spacial score (nSPS) is 19.6. The smallest absolute Gasteiger partial charge is 0.259 e. The van der Waals surface area contributed by atoms with Crippen LogP contribution in [-0.2, 0) is 6.42 Å². The fourth-order valence-corrected chi connectivity index (χ4v) is 4.77. The summed E-state index contributed by atoms with van der Waals surface area (Å²) in [5, 5.41) is 2.97. The van der Waals surface area contributed by atoms with E-state index >= 15 is 0 Å². The van der Waals surface area contributed by atoms with E-state index in [0.717, 1.165) is 55.4 Å². The van der Waals surface area contributed by atoms with E-state index in [4.69, 9.17) is 4.74 Å².